The molecule has 0 amide bonds. The van der Waals surface area contributed by atoms with Crippen LogP contribution in [0, 0.1) is 26.6 Å². The molecular weight excluding hydrogens is 253 g/mol. The van der Waals surface area contributed by atoms with Gasteiger partial charge in [-0.1, -0.05) is 12.1 Å². The summed E-state index contributed by atoms with van der Waals surface area (Å²) in [5.41, 5.74) is 11.2. The molecule has 2 nitrogen and oxygen atoms in total. The number of hydrogen-bond acceptors (Lipinski definition) is 2. The normalized spacial score (nSPS) is 12.3. The maximum absolute atomic E-state index is 13.5. The fourth-order valence-electron chi connectivity index (χ4n) is 2.61. The van der Waals surface area contributed by atoms with Gasteiger partial charge < -0.3 is 10.5 Å². The Kier molecular flexibility index (Phi) is 4.09. The zero-order valence-corrected chi connectivity index (χ0v) is 12.3. The van der Waals surface area contributed by atoms with Crippen molar-refractivity contribution in [2.75, 3.05) is 7.11 Å². The monoisotopic (exact) mass is 273 g/mol. The van der Waals surface area contributed by atoms with Gasteiger partial charge in [0.2, 0.25) is 0 Å². The van der Waals surface area contributed by atoms with E-state index in [1.807, 2.05) is 26.8 Å². The number of ether oxygens (including phenoxy) is 1. The molecule has 2 aromatic carbocycles. The molecule has 2 rings (SSSR count). The fraction of sp³-hybridized carbons (Fsp3) is 0.294. The summed E-state index contributed by atoms with van der Waals surface area (Å²) in [6, 6.07) is 8.31. The van der Waals surface area contributed by atoms with Gasteiger partial charge >= 0.3 is 0 Å². The summed E-state index contributed by atoms with van der Waals surface area (Å²) < 4.78 is 18.9. The van der Waals surface area contributed by atoms with E-state index in [9.17, 15) is 4.39 Å². The number of nitrogens with two attached hydrogens (primary N) is 1. The molecule has 0 heterocycles. The lowest BCUT2D eigenvalue weighted by atomic mass is 9.91. The van der Waals surface area contributed by atoms with Gasteiger partial charge in [0.15, 0.2) is 0 Å². The van der Waals surface area contributed by atoms with Gasteiger partial charge in [-0.05, 0) is 61.2 Å². The Labute approximate surface area is 119 Å². The molecule has 106 valence electrons. The lowest BCUT2D eigenvalue weighted by Gasteiger charge is -2.21. The molecule has 1 atom stereocenters. The van der Waals surface area contributed by atoms with Gasteiger partial charge in [-0.15, -0.1) is 0 Å². The summed E-state index contributed by atoms with van der Waals surface area (Å²) in [6.45, 7) is 5.95. The van der Waals surface area contributed by atoms with Gasteiger partial charge in [0, 0.05) is 5.56 Å². The number of benzene rings is 2. The van der Waals surface area contributed by atoms with Gasteiger partial charge in [0.1, 0.15) is 11.6 Å². The summed E-state index contributed by atoms with van der Waals surface area (Å²) in [4.78, 5) is 0. The van der Waals surface area contributed by atoms with Gasteiger partial charge in [-0.2, -0.15) is 0 Å². The predicted molar refractivity (Wildman–Crippen MR) is 79.6 cm³/mol. The van der Waals surface area contributed by atoms with E-state index in [0.717, 1.165) is 33.6 Å². The summed E-state index contributed by atoms with van der Waals surface area (Å²) >= 11 is 0. The molecule has 0 saturated heterocycles. The smallest absolute Gasteiger partial charge is 0.124 e. The van der Waals surface area contributed by atoms with E-state index < -0.39 is 6.04 Å². The summed E-state index contributed by atoms with van der Waals surface area (Å²) in [5.74, 6) is 0.475. The van der Waals surface area contributed by atoms with Crippen molar-refractivity contribution < 1.29 is 9.13 Å². The van der Waals surface area contributed by atoms with Crippen LogP contribution in [0.2, 0.25) is 0 Å². The van der Waals surface area contributed by atoms with E-state index in [-0.39, 0.29) is 5.82 Å². The van der Waals surface area contributed by atoms with Crippen molar-refractivity contribution in [2.24, 2.45) is 5.73 Å². The largest absolute Gasteiger partial charge is 0.496 e. The minimum absolute atomic E-state index is 0.273. The molecule has 0 aliphatic heterocycles. The van der Waals surface area contributed by atoms with Gasteiger partial charge in [0.05, 0.1) is 13.2 Å². The molecule has 1 unspecified atom stereocenters. The Balaban J connectivity index is 2.58. The van der Waals surface area contributed by atoms with Crippen LogP contribution in [0.5, 0.6) is 5.75 Å². The van der Waals surface area contributed by atoms with Gasteiger partial charge in [-0.25, -0.2) is 4.39 Å². The first-order valence-corrected chi connectivity index (χ1v) is 6.60. The molecule has 0 fully saturated rings. The van der Waals surface area contributed by atoms with E-state index in [1.54, 1.807) is 13.2 Å². The predicted octanol–water partition coefficient (Wildman–Crippen LogP) is 3.81. The first-order chi connectivity index (χ1) is 9.43. The number of rotatable bonds is 3. The van der Waals surface area contributed by atoms with E-state index in [1.165, 1.54) is 12.1 Å². The van der Waals surface area contributed by atoms with Crippen molar-refractivity contribution in [1.82, 2.24) is 0 Å². The minimum atomic E-state index is -0.402. The number of methoxy groups -OCH3 is 1. The maximum Gasteiger partial charge on any atom is 0.124 e. The number of halogens is 1. The SMILES string of the molecule is COc1cc(C)cc(C)c1C(N)c1cc(F)ccc1C. The summed E-state index contributed by atoms with van der Waals surface area (Å²) in [7, 11) is 1.63. The molecule has 0 radical (unpaired) electrons. The Morgan fingerprint density at radius 3 is 2.40 bits per heavy atom. The first-order valence-electron chi connectivity index (χ1n) is 6.60. The maximum atomic E-state index is 13.5. The highest BCUT2D eigenvalue weighted by atomic mass is 19.1. The van der Waals surface area contributed by atoms with E-state index in [2.05, 4.69) is 6.07 Å². The second-order valence-corrected chi connectivity index (χ2v) is 5.18. The zero-order valence-electron chi connectivity index (χ0n) is 12.3. The molecule has 0 spiro atoms. The molecular formula is C17H20FNO. The molecule has 20 heavy (non-hydrogen) atoms. The van der Waals surface area contributed by atoms with Crippen LogP contribution in [0.3, 0.4) is 0 Å². The van der Waals surface area contributed by atoms with Crippen molar-refractivity contribution in [3.8, 4) is 5.75 Å². The lowest BCUT2D eigenvalue weighted by Crippen LogP contribution is -2.16. The zero-order chi connectivity index (χ0) is 14.9. The van der Waals surface area contributed by atoms with Gasteiger partial charge in [0.25, 0.3) is 0 Å². The molecule has 0 aromatic heterocycles. The molecule has 0 aliphatic rings. The van der Waals surface area contributed by atoms with Crippen LogP contribution < -0.4 is 10.5 Å². The Bertz CT molecular complexity index is 637. The van der Waals surface area contributed by atoms with Crippen molar-refractivity contribution >= 4 is 0 Å². The third kappa shape index (κ3) is 2.68. The molecule has 0 bridgehead atoms. The first kappa shape index (κ1) is 14.5. The second kappa shape index (κ2) is 5.63. The lowest BCUT2D eigenvalue weighted by molar-refractivity contribution is 0.407. The fourth-order valence-corrected chi connectivity index (χ4v) is 2.61. The van der Waals surface area contributed by atoms with E-state index >= 15 is 0 Å². The third-order valence-corrected chi connectivity index (χ3v) is 3.60. The van der Waals surface area contributed by atoms with Crippen LogP contribution in [0.1, 0.15) is 33.9 Å². The Morgan fingerprint density at radius 2 is 1.75 bits per heavy atom. The highest BCUT2D eigenvalue weighted by Gasteiger charge is 2.19. The molecule has 0 aliphatic carbocycles. The summed E-state index contributed by atoms with van der Waals surface area (Å²) in [6.07, 6.45) is 0. The topological polar surface area (TPSA) is 35.2 Å². The van der Waals surface area contributed by atoms with Crippen LogP contribution in [0.4, 0.5) is 4.39 Å². The molecule has 2 N–H and O–H groups in total. The Hall–Kier alpha value is -1.87. The number of aryl methyl sites for hydroxylation is 3. The van der Waals surface area contributed by atoms with Crippen molar-refractivity contribution in [3.05, 3.63) is 64.0 Å². The highest BCUT2D eigenvalue weighted by molar-refractivity contribution is 5.49. The number of hydrogen-bond donors (Lipinski definition) is 1. The highest BCUT2D eigenvalue weighted by Crippen LogP contribution is 2.33. The van der Waals surface area contributed by atoms with Gasteiger partial charge in [-0.3, -0.25) is 0 Å². The van der Waals surface area contributed by atoms with Crippen LogP contribution >= 0.6 is 0 Å². The van der Waals surface area contributed by atoms with E-state index in [0.29, 0.717) is 0 Å². The Morgan fingerprint density at radius 1 is 1.05 bits per heavy atom. The summed E-state index contributed by atoms with van der Waals surface area (Å²) in [5, 5.41) is 0. The molecule has 0 saturated carbocycles. The quantitative estimate of drug-likeness (QED) is 0.923. The van der Waals surface area contributed by atoms with Crippen LogP contribution in [-0.4, -0.2) is 7.11 Å². The van der Waals surface area contributed by atoms with Crippen LogP contribution in [0.25, 0.3) is 0 Å². The van der Waals surface area contributed by atoms with Crippen molar-refractivity contribution in [2.45, 2.75) is 26.8 Å². The third-order valence-electron chi connectivity index (χ3n) is 3.60. The average molecular weight is 273 g/mol. The van der Waals surface area contributed by atoms with Crippen LogP contribution in [-0.2, 0) is 0 Å². The minimum Gasteiger partial charge on any atom is -0.496 e. The molecule has 3 heteroatoms. The van der Waals surface area contributed by atoms with Crippen molar-refractivity contribution in [1.29, 1.82) is 0 Å². The van der Waals surface area contributed by atoms with E-state index in [4.69, 9.17) is 10.5 Å². The average Bonchev–Trinajstić information content (AvgIpc) is 2.40. The standard InChI is InChI=1S/C17H20FNO/c1-10-7-12(3)16(15(8-10)20-4)17(19)14-9-13(18)6-5-11(14)2/h5-9,17H,19H2,1-4H3. The second-order valence-electron chi connectivity index (χ2n) is 5.18. The molecule has 2 aromatic rings. The van der Waals surface area contributed by atoms with Crippen molar-refractivity contribution in [3.63, 3.8) is 0 Å². The van der Waals surface area contributed by atoms with Crippen LogP contribution in [0.15, 0.2) is 30.3 Å².